The second-order valence-corrected chi connectivity index (χ2v) is 3.06. The van der Waals surface area contributed by atoms with Crippen LogP contribution in [0.2, 0.25) is 0 Å². The summed E-state index contributed by atoms with van der Waals surface area (Å²) in [5, 5.41) is 2.07. The Morgan fingerprint density at radius 1 is 1.50 bits per heavy atom. The number of hydrazine groups is 1. The maximum Gasteiger partial charge on any atom is 0.0873 e. The molecule has 1 heterocycles. The fourth-order valence-electron chi connectivity index (χ4n) is 1.45. The summed E-state index contributed by atoms with van der Waals surface area (Å²) in [5.74, 6) is 0. The van der Waals surface area contributed by atoms with Crippen molar-refractivity contribution in [2.24, 2.45) is 4.99 Å². The minimum absolute atomic E-state index is 0.766. The van der Waals surface area contributed by atoms with E-state index in [1.165, 1.54) is 0 Å². The van der Waals surface area contributed by atoms with E-state index in [4.69, 9.17) is 0 Å². The molecule has 0 aromatic heterocycles. The largest absolute Gasteiger partial charge is 0.301 e. The van der Waals surface area contributed by atoms with E-state index < -0.39 is 0 Å². The van der Waals surface area contributed by atoms with Crippen molar-refractivity contribution in [3.8, 4) is 0 Å². The number of rotatable bonds is 3. The van der Waals surface area contributed by atoms with Gasteiger partial charge in [0.25, 0.3) is 0 Å². The molecule has 0 saturated heterocycles. The molecule has 3 heteroatoms. The van der Waals surface area contributed by atoms with Crippen LogP contribution in [-0.4, -0.2) is 19.3 Å². The Morgan fingerprint density at radius 3 is 3.21 bits per heavy atom. The summed E-state index contributed by atoms with van der Waals surface area (Å²) >= 11 is 0. The molecule has 1 aromatic rings. The first-order valence-electron chi connectivity index (χ1n) is 4.65. The number of hydrogen-bond acceptors (Lipinski definition) is 3. The van der Waals surface area contributed by atoms with Crippen LogP contribution in [0.1, 0.15) is 0 Å². The maximum atomic E-state index is 4.32. The summed E-state index contributed by atoms with van der Waals surface area (Å²) < 4.78 is 0. The average Bonchev–Trinajstić information content (AvgIpc) is 2.26. The van der Waals surface area contributed by atoms with E-state index in [0.717, 1.165) is 24.5 Å². The summed E-state index contributed by atoms with van der Waals surface area (Å²) in [6.45, 7) is 5.24. The standard InChI is InChI=1S/C11H13N3/c1-2-7-13-14-9-8-12-10-5-3-4-6-11(10)14/h2-6,8,13H,1,7,9H2. The highest BCUT2D eigenvalue weighted by Crippen LogP contribution is 2.28. The molecule has 0 atom stereocenters. The van der Waals surface area contributed by atoms with Crippen LogP contribution < -0.4 is 10.4 Å². The van der Waals surface area contributed by atoms with Gasteiger partial charge >= 0.3 is 0 Å². The van der Waals surface area contributed by atoms with E-state index in [9.17, 15) is 0 Å². The van der Waals surface area contributed by atoms with Crippen molar-refractivity contribution < 1.29 is 0 Å². The topological polar surface area (TPSA) is 27.6 Å². The number of fused-ring (bicyclic) bond motifs is 1. The van der Waals surface area contributed by atoms with Crippen LogP contribution in [0.5, 0.6) is 0 Å². The lowest BCUT2D eigenvalue weighted by molar-refractivity contribution is 0.716. The van der Waals surface area contributed by atoms with E-state index in [1.807, 2.05) is 30.5 Å². The van der Waals surface area contributed by atoms with Gasteiger partial charge in [-0.3, -0.25) is 4.99 Å². The summed E-state index contributed by atoms with van der Waals surface area (Å²) in [6.07, 6.45) is 3.74. The van der Waals surface area contributed by atoms with Crippen molar-refractivity contribution in [2.75, 3.05) is 18.1 Å². The molecule has 0 spiro atoms. The van der Waals surface area contributed by atoms with Gasteiger partial charge in [0, 0.05) is 12.8 Å². The minimum Gasteiger partial charge on any atom is -0.301 e. The summed E-state index contributed by atoms with van der Waals surface area (Å²) in [4.78, 5) is 4.32. The zero-order valence-corrected chi connectivity index (χ0v) is 7.98. The molecule has 14 heavy (non-hydrogen) atoms. The monoisotopic (exact) mass is 187 g/mol. The number of aliphatic imine (C=N–C) groups is 1. The normalized spacial score (nSPS) is 13.9. The van der Waals surface area contributed by atoms with Gasteiger partial charge < -0.3 is 5.01 Å². The number of nitrogens with zero attached hydrogens (tertiary/aromatic N) is 2. The molecule has 0 radical (unpaired) electrons. The Kier molecular flexibility index (Phi) is 2.60. The fourth-order valence-corrected chi connectivity index (χ4v) is 1.45. The van der Waals surface area contributed by atoms with Crippen LogP contribution in [0.25, 0.3) is 0 Å². The number of para-hydroxylation sites is 2. The predicted octanol–water partition coefficient (Wildman–Crippen LogP) is 1.90. The quantitative estimate of drug-likeness (QED) is 0.732. The van der Waals surface area contributed by atoms with Crippen LogP contribution in [0, 0.1) is 0 Å². The molecule has 2 rings (SSSR count). The van der Waals surface area contributed by atoms with Gasteiger partial charge in [-0.25, -0.2) is 5.43 Å². The molecular weight excluding hydrogens is 174 g/mol. The van der Waals surface area contributed by atoms with Crippen molar-refractivity contribution in [1.82, 2.24) is 5.43 Å². The molecule has 0 saturated carbocycles. The van der Waals surface area contributed by atoms with Crippen LogP contribution in [0.15, 0.2) is 41.9 Å². The molecule has 0 amide bonds. The zero-order valence-electron chi connectivity index (χ0n) is 7.98. The molecule has 72 valence electrons. The third-order valence-corrected chi connectivity index (χ3v) is 2.09. The molecule has 0 fully saturated rings. The molecule has 1 aliphatic heterocycles. The predicted molar refractivity (Wildman–Crippen MR) is 60.1 cm³/mol. The Morgan fingerprint density at radius 2 is 2.36 bits per heavy atom. The second kappa shape index (κ2) is 4.07. The highest BCUT2D eigenvalue weighted by molar-refractivity contribution is 5.80. The zero-order chi connectivity index (χ0) is 9.80. The first-order chi connectivity index (χ1) is 6.92. The van der Waals surface area contributed by atoms with Crippen LogP contribution in [0.3, 0.4) is 0 Å². The maximum absolute atomic E-state index is 4.32. The molecule has 1 N–H and O–H groups in total. The highest BCUT2D eigenvalue weighted by atomic mass is 15.5. The van der Waals surface area contributed by atoms with Gasteiger partial charge in [0.2, 0.25) is 0 Å². The third-order valence-electron chi connectivity index (χ3n) is 2.09. The minimum atomic E-state index is 0.766. The van der Waals surface area contributed by atoms with Crippen molar-refractivity contribution in [3.63, 3.8) is 0 Å². The van der Waals surface area contributed by atoms with E-state index in [2.05, 4.69) is 28.1 Å². The van der Waals surface area contributed by atoms with Gasteiger partial charge in [0.05, 0.1) is 17.9 Å². The van der Waals surface area contributed by atoms with Crippen molar-refractivity contribution in [3.05, 3.63) is 36.9 Å². The third kappa shape index (κ3) is 1.67. The highest BCUT2D eigenvalue weighted by Gasteiger charge is 2.11. The molecule has 0 bridgehead atoms. The Labute approximate surface area is 83.7 Å². The van der Waals surface area contributed by atoms with E-state index in [1.54, 1.807) is 0 Å². The Bertz CT molecular complexity index is 357. The van der Waals surface area contributed by atoms with Crippen LogP contribution in [-0.2, 0) is 0 Å². The first kappa shape index (κ1) is 8.97. The van der Waals surface area contributed by atoms with Crippen molar-refractivity contribution in [1.29, 1.82) is 0 Å². The smallest absolute Gasteiger partial charge is 0.0873 e. The summed E-state index contributed by atoms with van der Waals surface area (Å²) in [7, 11) is 0. The van der Waals surface area contributed by atoms with Crippen LogP contribution in [0.4, 0.5) is 11.4 Å². The molecule has 3 nitrogen and oxygen atoms in total. The molecule has 1 aliphatic rings. The van der Waals surface area contributed by atoms with Gasteiger partial charge in [0.1, 0.15) is 0 Å². The molecular formula is C11H13N3. The van der Waals surface area contributed by atoms with E-state index in [0.29, 0.717) is 0 Å². The van der Waals surface area contributed by atoms with E-state index in [-0.39, 0.29) is 0 Å². The van der Waals surface area contributed by atoms with E-state index >= 15 is 0 Å². The second-order valence-electron chi connectivity index (χ2n) is 3.06. The summed E-state index contributed by atoms with van der Waals surface area (Å²) in [6, 6.07) is 8.07. The molecule has 1 aromatic carbocycles. The van der Waals surface area contributed by atoms with Gasteiger partial charge in [-0.1, -0.05) is 18.2 Å². The lowest BCUT2D eigenvalue weighted by Crippen LogP contribution is -2.40. The lowest BCUT2D eigenvalue weighted by atomic mass is 10.2. The average molecular weight is 187 g/mol. The Hall–Kier alpha value is -1.61. The number of hydrogen-bond donors (Lipinski definition) is 1. The van der Waals surface area contributed by atoms with Gasteiger partial charge in [-0.15, -0.1) is 6.58 Å². The van der Waals surface area contributed by atoms with Crippen molar-refractivity contribution >= 4 is 17.6 Å². The fraction of sp³-hybridized carbons (Fsp3) is 0.182. The number of anilines is 1. The van der Waals surface area contributed by atoms with Gasteiger partial charge in [-0.05, 0) is 12.1 Å². The SMILES string of the molecule is C=CCNN1CC=Nc2ccccc21. The first-order valence-corrected chi connectivity index (χ1v) is 4.65. The molecule has 0 unspecified atom stereocenters. The summed E-state index contributed by atoms with van der Waals surface area (Å²) in [5.41, 5.74) is 5.38. The Balaban J connectivity index is 2.22. The van der Waals surface area contributed by atoms with Gasteiger partial charge in [-0.2, -0.15) is 0 Å². The number of benzene rings is 1. The molecule has 0 aliphatic carbocycles. The van der Waals surface area contributed by atoms with Crippen LogP contribution >= 0.6 is 0 Å². The lowest BCUT2D eigenvalue weighted by Gasteiger charge is -2.27. The van der Waals surface area contributed by atoms with Gasteiger partial charge in [0.15, 0.2) is 0 Å². The number of nitrogens with one attached hydrogen (secondary N) is 1. The van der Waals surface area contributed by atoms with Crippen molar-refractivity contribution in [2.45, 2.75) is 0 Å².